The Hall–Kier alpha value is -2.07. The molecular weight excluding hydrogens is 248 g/mol. The molecule has 0 N–H and O–H groups in total. The first-order valence-corrected chi connectivity index (χ1v) is 6.26. The molecule has 0 spiro atoms. The quantitative estimate of drug-likeness (QED) is 0.653. The van der Waals surface area contributed by atoms with Gasteiger partial charge < -0.3 is 9.15 Å². The third-order valence-electron chi connectivity index (χ3n) is 2.66. The smallest absolute Gasteiger partial charge is 0.373 e. The normalized spacial score (nSPS) is 10.7. The number of furan rings is 1. The maximum Gasteiger partial charge on any atom is 0.373 e. The topological polar surface area (TPSA) is 39.4 Å². The number of carbonyl (C=O) groups is 1. The van der Waals surface area contributed by atoms with E-state index in [9.17, 15) is 4.79 Å². The number of esters is 1. The van der Waals surface area contributed by atoms with Crippen LogP contribution in [-0.4, -0.2) is 13.1 Å². The number of hydrogen-bond donors (Lipinski definition) is 0. The Labute approximate surface area is 108 Å². The van der Waals surface area contributed by atoms with Crippen molar-refractivity contribution in [3.8, 4) is 10.6 Å². The zero-order valence-electron chi connectivity index (χ0n) is 9.67. The molecule has 3 rings (SSSR count). The molecule has 0 aliphatic carbocycles. The summed E-state index contributed by atoms with van der Waals surface area (Å²) in [6, 6.07) is 13.6. The van der Waals surface area contributed by atoms with Crippen LogP contribution in [0.5, 0.6) is 0 Å². The fourth-order valence-corrected chi connectivity index (χ4v) is 2.81. The molecule has 0 aliphatic heterocycles. The van der Waals surface area contributed by atoms with E-state index in [-0.39, 0.29) is 5.76 Å². The lowest BCUT2D eigenvalue weighted by Gasteiger charge is -1.93. The van der Waals surface area contributed by atoms with Crippen molar-refractivity contribution in [2.45, 2.75) is 0 Å². The van der Waals surface area contributed by atoms with Crippen molar-refractivity contribution in [2.75, 3.05) is 7.11 Å². The molecule has 2 heterocycles. The molecule has 0 amide bonds. The average molecular weight is 258 g/mol. The molecular formula is C14H10O3S. The summed E-state index contributed by atoms with van der Waals surface area (Å²) >= 11 is 1.64. The molecule has 2 aromatic heterocycles. The molecule has 0 bridgehead atoms. The Morgan fingerprint density at radius 2 is 2.06 bits per heavy atom. The van der Waals surface area contributed by atoms with Crippen LogP contribution in [0, 0.1) is 0 Å². The van der Waals surface area contributed by atoms with E-state index < -0.39 is 5.97 Å². The van der Waals surface area contributed by atoms with Crippen molar-refractivity contribution >= 4 is 27.4 Å². The molecule has 0 radical (unpaired) electrons. The van der Waals surface area contributed by atoms with Crippen molar-refractivity contribution in [2.24, 2.45) is 0 Å². The van der Waals surface area contributed by atoms with Crippen LogP contribution in [0.1, 0.15) is 10.6 Å². The first-order valence-electron chi connectivity index (χ1n) is 5.45. The number of fused-ring (bicyclic) bond motifs is 1. The minimum Gasteiger partial charge on any atom is -0.463 e. The van der Waals surface area contributed by atoms with Crippen LogP contribution in [0.3, 0.4) is 0 Å². The summed E-state index contributed by atoms with van der Waals surface area (Å²) in [4.78, 5) is 12.3. The predicted molar refractivity (Wildman–Crippen MR) is 70.9 cm³/mol. The molecule has 0 atom stereocenters. The fourth-order valence-electron chi connectivity index (χ4n) is 1.78. The number of carbonyl (C=O) groups excluding carboxylic acids is 1. The summed E-state index contributed by atoms with van der Waals surface area (Å²) in [5.74, 6) is 0.462. The van der Waals surface area contributed by atoms with Gasteiger partial charge in [0.15, 0.2) is 0 Å². The standard InChI is InChI=1S/C14H10O3S/c1-16-14(15)11-7-6-10(17-11)13-8-9-4-2-3-5-12(9)18-13/h2-8H,1H3. The van der Waals surface area contributed by atoms with E-state index in [1.807, 2.05) is 12.1 Å². The van der Waals surface area contributed by atoms with Crippen molar-refractivity contribution in [1.29, 1.82) is 0 Å². The van der Waals surface area contributed by atoms with Gasteiger partial charge in [-0.05, 0) is 29.7 Å². The van der Waals surface area contributed by atoms with Gasteiger partial charge in [-0.2, -0.15) is 0 Å². The van der Waals surface area contributed by atoms with E-state index in [1.54, 1.807) is 23.5 Å². The van der Waals surface area contributed by atoms with Crippen LogP contribution in [0.25, 0.3) is 20.7 Å². The fraction of sp³-hybridized carbons (Fsp3) is 0.0714. The van der Waals surface area contributed by atoms with Crippen molar-refractivity contribution in [1.82, 2.24) is 0 Å². The van der Waals surface area contributed by atoms with Crippen LogP contribution in [0.15, 0.2) is 46.9 Å². The number of thiophene rings is 1. The van der Waals surface area contributed by atoms with E-state index in [0.29, 0.717) is 5.76 Å². The molecule has 0 aliphatic rings. The number of ether oxygens (including phenoxy) is 1. The first kappa shape index (κ1) is 11.0. The van der Waals surface area contributed by atoms with Gasteiger partial charge >= 0.3 is 5.97 Å². The molecule has 3 nitrogen and oxygen atoms in total. The van der Waals surface area contributed by atoms with Gasteiger partial charge in [-0.25, -0.2) is 4.79 Å². The van der Waals surface area contributed by atoms with Gasteiger partial charge in [-0.1, -0.05) is 18.2 Å². The summed E-state index contributed by atoms with van der Waals surface area (Å²) in [5.41, 5.74) is 0. The lowest BCUT2D eigenvalue weighted by Crippen LogP contribution is -1.97. The Bertz CT molecular complexity index is 675. The van der Waals surface area contributed by atoms with Gasteiger partial charge in [-0.3, -0.25) is 0 Å². The zero-order valence-corrected chi connectivity index (χ0v) is 10.5. The second kappa shape index (κ2) is 4.31. The Balaban J connectivity index is 2.03. The highest BCUT2D eigenvalue weighted by Crippen LogP contribution is 2.34. The van der Waals surface area contributed by atoms with Crippen molar-refractivity contribution in [3.05, 3.63) is 48.2 Å². The second-order valence-electron chi connectivity index (χ2n) is 3.80. The monoisotopic (exact) mass is 258 g/mol. The minimum atomic E-state index is -0.456. The van der Waals surface area contributed by atoms with Gasteiger partial charge in [0.2, 0.25) is 5.76 Å². The Kier molecular flexibility index (Phi) is 2.64. The van der Waals surface area contributed by atoms with E-state index in [0.717, 1.165) is 4.88 Å². The van der Waals surface area contributed by atoms with Crippen LogP contribution >= 0.6 is 11.3 Å². The van der Waals surface area contributed by atoms with Crippen LogP contribution in [0.4, 0.5) is 0 Å². The third kappa shape index (κ3) is 1.80. The summed E-state index contributed by atoms with van der Waals surface area (Å²) < 4.78 is 11.3. The molecule has 18 heavy (non-hydrogen) atoms. The Morgan fingerprint density at radius 1 is 1.22 bits per heavy atom. The van der Waals surface area contributed by atoms with E-state index >= 15 is 0 Å². The minimum absolute atomic E-state index is 0.227. The van der Waals surface area contributed by atoms with Crippen LogP contribution in [0.2, 0.25) is 0 Å². The zero-order chi connectivity index (χ0) is 12.5. The van der Waals surface area contributed by atoms with Gasteiger partial charge in [0.1, 0.15) is 5.76 Å². The lowest BCUT2D eigenvalue weighted by molar-refractivity contribution is 0.0566. The van der Waals surface area contributed by atoms with Gasteiger partial charge in [0, 0.05) is 4.70 Å². The SMILES string of the molecule is COC(=O)c1ccc(-c2cc3ccccc3s2)o1. The molecule has 0 saturated carbocycles. The van der Waals surface area contributed by atoms with Gasteiger partial charge in [0.25, 0.3) is 0 Å². The lowest BCUT2D eigenvalue weighted by atomic mass is 10.2. The number of methoxy groups -OCH3 is 1. The molecule has 1 aromatic carbocycles. The second-order valence-corrected chi connectivity index (χ2v) is 4.89. The van der Waals surface area contributed by atoms with Crippen LogP contribution in [-0.2, 0) is 4.74 Å². The average Bonchev–Trinajstić information content (AvgIpc) is 3.03. The first-order chi connectivity index (χ1) is 8.78. The van der Waals surface area contributed by atoms with Crippen molar-refractivity contribution < 1.29 is 13.9 Å². The summed E-state index contributed by atoms with van der Waals surface area (Å²) in [6.45, 7) is 0. The molecule has 4 heteroatoms. The highest BCUT2D eigenvalue weighted by atomic mass is 32.1. The molecule has 0 fully saturated rings. The number of hydrogen-bond acceptors (Lipinski definition) is 4. The molecule has 90 valence electrons. The van der Waals surface area contributed by atoms with Crippen LogP contribution < -0.4 is 0 Å². The maximum atomic E-state index is 11.3. The van der Waals surface area contributed by atoms with Gasteiger partial charge in [-0.15, -0.1) is 11.3 Å². The predicted octanol–water partition coefficient (Wildman–Crippen LogP) is 3.95. The van der Waals surface area contributed by atoms with E-state index in [2.05, 4.69) is 22.9 Å². The number of rotatable bonds is 2. The third-order valence-corrected chi connectivity index (χ3v) is 3.79. The number of benzene rings is 1. The van der Waals surface area contributed by atoms with Crippen molar-refractivity contribution in [3.63, 3.8) is 0 Å². The highest BCUT2D eigenvalue weighted by molar-refractivity contribution is 7.22. The molecule has 0 saturated heterocycles. The van der Waals surface area contributed by atoms with E-state index in [4.69, 9.17) is 4.42 Å². The summed E-state index contributed by atoms with van der Waals surface area (Å²) in [5, 5.41) is 1.17. The Morgan fingerprint density at radius 3 is 2.83 bits per heavy atom. The maximum absolute atomic E-state index is 11.3. The highest BCUT2D eigenvalue weighted by Gasteiger charge is 2.13. The largest absolute Gasteiger partial charge is 0.463 e. The molecule has 0 unspecified atom stereocenters. The van der Waals surface area contributed by atoms with Gasteiger partial charge in [0.05, 0.1) is 12.0 Å². The summed E-state index contributed by atoms with van der Waals surface area (Å²) in [7, 11) is 1.34. The molecule has 3 aromatic rings. The van der Waals surface area contributed by atoms with E-state index in [1.165, 1.54) is 17.2 Å². The summed E-state index contributed by atoms with van der Waals surface area (Å²) in [6.07, 6.45) is 0.